The van der Waals surface area contributed by atoms with E-state index in [2.05, 4.69) is 0 Å². The van der Waals surface area contributed by atoms with Crippen LogP contribution in [0, 0.1) is 0 Å². The van der Waals surface area contributed by atoms with Crippen molar-refractivity contribution in [3.05, 3.63) is 0 Å². The highest BCUT2D eigenvalue weighted by atomic mass is 16.5. The van der Waals surface area contributed by atoms with Crippen LogP contribution in [-0.4, -0.2) is 54.2 Å². The first-order chi connectivity index (χ1) is 7.13. The molecule has 3 N–H and O–H groups in total. The normalized spacial score (nSPS) is 17.8. The SMILES string of the molecule is NCC(=O)COC1CCN(C(=O)O)CC1. The van der Waals surface area contributed by atoms with Gasteiger partial charge in [-0.25, -0.2) is 4.79 Å². The van der Waals surface area contributed by atoms with E-state index in [1.165, 1.54) is 4.90 Å². The van der Waals surface area contributed by atoms with Gasteiger partial charge in [0.05, 0.1) is 12.6 Å². The summed E-state index contributed by atoms with van der Waals surface area (Å²) in [4.78, 5) is 22.8. The number of carboxylic acid groups (broad SMARTS) is 1. The van der Waals surface area contributed by atoms with Crippen molar-refractivity contribution in [2.75, 3.05) is 26.2 Å². The van der Waals surface area contributed by atoms with E-state index in [0.29, 0.717) is 25.9 Å². The summed E-state index contributed by atoms with van der Waals surface area (Å²) in [6.45, 7) is 0.968. The first kappa shape index (κ1) is 11.9. The molecule has 1 heterocycles. The fourth-order valence-corrected chi connectivity index (χ4v) is 1.48. The van der Waals surface area contributed by atoms with Gasteiger partial charge in [0.2, 0.25) is 0 Å². The molecule has 0 saturated carbocycles. The average Bonchev–Trinajstić information content (AvgIpc) is 2.26. The van der Waals surface area contributed by atoms with Crippen LogP contribution < -0.4 is 5.73 Å². The molecule has 1 aliphatic rings. The Balaban J connectivity index is 2.20. The minimum absolute atomic E-state index is 0.00598. The zero-order valence-electron chi connectivity index (χ0n) is 8.52. The van der Waals surface area contributed by atoms with Crippen LogP contribution in [-0.2, 0) is 9.53 Å². The van der Waals surface area contributed by atoms with Crippen molar-refractivity contribution in [3.8, 4) is 0 Å². The summed E-state index contributed by atoms with van der Waals surface area (Å²) in [7, 11) is 0. The topological polar surface area (TPSA) is 92.9 Å². The minimum Gasteiger partial charge on any atom is -0.465 e. The average molecular weight is 216 g/mol. The number of nitrogens with two attached hydrogens (primary N) is 1. The second-order valence-electron chi connectivity index (χ2n) is 3.52. The highest BCUT2D eigenvalue weighted by Gasteiger charge is 2.22. The van der Waals surface area contributed by atoms with Crippen molar-refractivity contribution in [2.45, 2.75) is 18.9 Å². The van der Waals surface area contributed by atoms with Gasteiger partial charge in [-0.3, -0.25) is 4.79 Å². The quantitative estimate of drug-likeness (QED) is 0.671. The third kappa shape index (κ3) is 3.85. The lowest BCUT2D eigenvalue weighted by molar-refractivity contribution is -0.125. The number of hydrogen-bond donors (Lipinski definition) is 2. The highest BCUT2D eigenvalue weighted by Crippen LogP contribution is 2.13. The largest absolute Gasteiger partial charge is 0.465 e. The Morgan fingerprint density at radius 2 is 2.00 bits per heavy atom. The molecule has 0 spiro atoms. The maximum absolute atomic E-state index is 10.9. The predicted molar refractivity (Wildman–Crippen MR) is 52.6 cm³/mol. The molecule has 1 fully saturated rings. The van der Waals surface area contributed by atoms with Gasteiger partial charge in [-0.2, -0.15) is 0 Å². The number of amides is 1. The number of ketones is 1. The molecule has 0 atom stereocenters. The van der Waals surface area contributed by atoms with Gasteiger partial charge >= 0.3 is 6.09 Å². The number of carbonyl (C=O) groups is 2. The monoisotopic (exact) mass is 216 g/mol. The van der Waals surface area contributed by atoms with Gasteiger partial charge in [-0.05, 0) is 12.8 Å². The molecule has 0 aromatic rings. The molecule has 1 amide bonds. The number of piperidine rings is 1. The number of carbonyl (C=O) groups excluding carboxylic acids is 1. The third-order valence-corrected chi connectivity index (χ3v) is 2.42. The summed E-state index contributed by atoms with van der Waals surface area (Å²) in [5.74, 6) is -0.129. The summed E-state index contributed by atoms with van der Waals surface area (Å²) >= 11 is 0. The van der Waals surface area contributed by atoms with Crippen LogP contribution in [0.15, 0.2) is 0 Å². The van der Waals surface area contributed by atoms with E-state index in [-0.39, 0.29) is 25.0 Å². The smallest absolute Gasteiger partial charge is 0.407 e. The fourth-order valence-electron chi connectivity index (χ4n) is 1.48. The Labute approximate surface area is 88.0 Å². The fraction of sp³-hybridized carbons (Fsp3) is 0.778. The van der Waals surface area contributed by atoms with Crippen molar-refractivity contribution in [3.63, 3.8) is 0 Å². The maximum Gasteiger partial charge on any atom is 0.407 e. The molecule has 0 unspecified atom stereocenters. The molecule has 1 aliphatic heterocycles. The van der Waals surface area contributed by atoms with Gasteiger partial charge < -0.3 is 20.5 Å². The van der Waals surface area contributed by atoms with Crippen LogP contribution in [0.25, 0.3) is 0 Å². The molecule has 86 valence electrons. The lowest BCUT2D eigenvalue weighted by Crippen LogP contribution is -2.40. The molecule has 0 bridgehead atoms. The second-order valence-corrected chi connectivity index (χ2v) is 3.52. The predicted octanol–water partition coefficient (Wildman–Crippen LogP) is -0.327. The standard InChI is InChI=1S/C9H16N2O4/c10-5-7(12)6-15-8-1-3-11(4-2-8)9(13)14/h8H,1-6,10H2,(H,13,14). The maximum atomic E-state index is 10.9. The lowest BCUT2D eigenvalue weighted by Gasteiger charge is -2.29. The minimum atomic E-state index is -0.897. The number of hydrogen-bond acceptors (Lipinski definition) is 4. The van der Waals surface area contributed by atoms with Gasteiger partial charge in [-0.15, -0.1) is 0 Å². The van der Waals surface area contributed by atoms with Crippen molar-refractivity contribution in [1.82, 2.24) is 4.90 Å². The van der Waals surface area contributed by atoms with E-state index >= 15 is 0 Å². The van der Waals surface area contributed by atoms with Crippen LogP contribution >= 0.6 is 0 Å². The Bertz CT molecular complexity index is 236. The Morgan fingerprint density at radius 3 is 2.47 bits per heavy atom. The molecule has 6 heteroatoms. The second kappa shape index (κ2) is 5.67. The van der Waals surface area contributed by atoms with Crippen LogP contribution in [0.1, 0.15) is 12.8 Å². The van der Waals surface area contributed by atoms with E-state index in [1.807, 2.05) is 0 Å². The summed E-state index contributed by atoms with van der Waals surface area (Å²) in [6, 6.07) is 0. The molecule has 0 aromatic carbocycles. The number of Topliss-reactive ketones (excluding diaryl/α,β-unsaturated/α-hetero) is 1. The number of likely N-dealkylation sites (tertiary alicyclic amines) is 1. The summed E-state index contributed by atoms with van der Waals surface area (Å²) < 4.78 is 5.31. The zero-order chi connectivity index (χ0) is 11.3. The van der Waals surface area contributed by atoms with E-state index in [9.17, 15) is 9.59 Å². The first-order valence-electron chi connectivity index (χ1n) is 4.94. The molecule has 0 aromatic heterocycles. The summed E-state index contributed by atoms with van der Waals surface area (Å²) in [6.07, 6.45) is 0.372. The molecular formula is C9H16N2O4. The van der Waals surface area contributed by atoms with Gasteiger partial charge in [0, 0.05) is 13.1 Å². The molecular weight excluding hydrogens is 200 g/mol. The van der Waals surface area contributed by atoms with Crippen LogP contribution in [0.5, 0.6) is 0 Å². The molecule has 0 aliphatic carbocycles. The van der Waals surface area contributed by atoms with E-state index in [4.69, 9.17) is 15.6 Å². The molecule has 1 saturated heterocycles. The lowest BCUT2D eigenvalue weighted by atomic mass is 10.1. The Hall–Kier alpha value is -1.14. The Kier molecular flexibility index (Phi) is 4.51. The molecule has 15 heavy (non-hydrogen) atoms. The van der Waals surface area contributed by atoms with Crippen molar-refractivity contribution in [2.24, 2.45) is 5.73 Å². The summed E-state index contributed by atoms with van der Waals surface area (Å²) in [5.41, 5.74) is 5.13. The highest BCUT2D eigenvalue weighted by molar-refractivity contribution is 5.81. The van der Waals surface area contributed by atoms with Crippen LogP contribution in [0.2, 0.25) is 0 Å². The molecule has 6 nitrogen and oxygen atoms in total. The molecule has 0 radical (unpaired) electrons. The summed E-state index contributed by atoms with van der Waals surface area (Å²) in [5, 5.41) is 8.70. The zero-order valence-corrected chi connectivity index (χ0v) is 8.52. The number of ether oxygens (including phenoxy) is 1. The number of rotatable bonds is 4. The van der Waals surface area contributed by atoms with Crippen molar-refractivity contribution >= 4 is 11.9 Å². The molecule has 1 rings (SSSR count). The third-order valence-electron chi connectivity index (χ3n) is 2.42. The van der Waals surface area contributed by atoms with Gasteiger partial charge in [-0.1, -0.05) is 0 Å². The van der Waals surface area contributed by atoms with E-state index in [0.717, 1.165) is 0 Å². The van der Waals surface area contributed by atoms with Crippen LogP contribution in [0.4, 0.5) is 4.79 Å². The van der Waals surface area contributed by atoms with Gasteiger partial charge in [0.15, 0.2) is 5.78 Å². The van der Waals surface area contributed by atoms with E-state index < -0.39 is 6.09 Å². The van der Waals surface area contributed by atoms with Crippen LogP contribution in [0.3, 0.4) is 0 Å². The van der Waals surface area contributed by atoms with Gasteiger partial charge in [0.1, 0.15) is 6.61 Å². The van der Waals surface area contributed by atoms with E-state index in [1.54, 1.807) is 0 Å². The van der Waals surface area contributed by atoms with Crippen molar-refractivity contribution < 1.29 is 19.4 Å². The van der Waals surface area contributed by atoms with Gasteiger partial charge in [0.25, 0.3) is 0 Å². The van der Waals surface area contributed by atoms with Crippen molar-refractivity contribution in [1.29, 1.82) is 0 Å². The number of nitrogens with zero attached hydrogens (tertiary/aromatic N) is 1. The Morgan fingerprint density at radius 1 is 1.40 bits per heavy atom. The first-order valence-corrected chi connectivity index (χ1v) is 4.94.